The molecule has 3 heterocycles. The van der Waals surface area contributed by atoms with Crippen LogP contribution in [-0.4, -0.2) is 57.4 Å². The van der Waals surface area contributed by atoms with E-state index >= 15 is 0 Å². The smallest absolute Gasteiger partial charge is 0.243 e. The average molecular weight is 465 g/mol. The fourth-order valence-electron chi connectivity index (χ4n) is 4.51. The molecule has 0 N–H and O–H groups in total. The van der Waals surface area contributed by atoms with Crippen molar-refractivity contribution in [1.29, 1.82) is 0 Å². The summed E-state index contributed by atoms with van der Waals surface area (Å²) in [6, 6.07) is 6.80. The summed E-state index contributed by atoms with van der Waals surface area (Å²) in [6.07, 6.45) is 1.96. The van der Waals surface area contributed by atoms with Gasteiger partial charge in [0.05, 0.1) is 25.2 Å². The fraction of sp³-hybridized carbons (Fsp3) is 0.500. The number of amides is 1. The van der Waals surface area contributed by atoms with Crippen LogP contribution in [0.2, 0.25) is 0 Å². The van der Waals surface area contributed by atoms with Gasteiger partial charge in [-0.2, -0.15) is 4.31 Å². The molecule has 1 aromatic heterocycles. The van der Waals surface area contributed by atoms with Crippen LogP contribution in [0, 0.1) is 5.92 Å². The lowest BCUT2D eigenvalue weighted by atomic mass is 9.93. The fourth-order valence-corrected chi connectivity index (χ4v) is 6.96. The number of benzene rings is 1. The van der Waals surface area contributed by atoms with E-state index in [0.717, 1.165) is 13.0 Å². The maximum absolute atomic E-state index is 13.2. The molecule has 1 atom stereocenters. The lowest BCUT2D eigenvalue weighted by Crippen LogP contribution is -2.46. The van der Waals surface area contributed by atoms with Gasteiger partial charge in [0, 0.05) is 36.5 Å². The second kappa shape index (κ2) is 8.80. The zero-order valence-electron chi connectivity index (χ0n) is 18.0. The Kier molecular flexibility index (Phi) is 6.27. The van der Waals surface area contributed by atoms with Crippen LogP contribution >= 0.6 is 11.3 Å². The van der Waals surface area contributed by atoms with Crippen molar-refractivity contribution in [2.45, 2.75) is 37.1 Å². The number of carbonyl (C=O) groups excluding carboxylic acids is 1. The highest BCUT2D eigenvalue weighted by Gasteiger charge is 2.37. The summed E-state index contributed by atoms with van der Waals surface area (Å²) in [5.74, 6) is 0.864. The van der Waals surface area contributed by atoms with Crippen LogP contribution in [0.1, 0.15) is 36.2 Å². The Balaban J connectivity index is 1.43. The van der Waals surface area contributed by atoms with Gasteiger partial charge in [-0.25, -0.2) is 8.42 Å². The molecule has 1 aromatic carbocycles. The number of methoxy groups -OCH3 is 2. The van der Waals surface area contributed by atoms with Crippen molar-refractivity contribution in [1.82, 2.24) is 9.21 Å². The molecule has 0 unspecified atom stereocenters. The topological polar surface area (TPSA) is 76.2 Å². The minimum Gasteiger partial charge on any atom is -0.493 e. The van der Waals surface area contributed by atoms with Gasteiger partial charge in [-0.15, -0.1) is 11.3 Å². The Labute approximate surface area is 187 Å². The van der Waals surface area contributed by atoms with Crippen molar-refractivity contribution in [3.8, 4) is 11.5 Å². The van der Waals surface area contributed by atoms with Crippen LogP contribution in [0.25, 0.3) is 0 Å². The summed E-state index contributed by atoms with van der Waals surface area (Å²) >= 11 is 1.76. The number of nitrogens with zero attached hydrogens (tertiary/aromatic N) is 2. The molecule has 1 saturated heterocycles. The Morgan fingerprint density at radius 1 is 1.06 bits per heavy atom. The first-order chi connectivity index (χ1) is 14.9. The molecule has 31 heavy (non-hydrogen) atoms. The van der Waals surface area contributed by atoms with Gasteiger partial charge in [0.15, 0.2) is 11.5 Å². The highest BCUT2D eigenvalue weighted by molar-refractivity contribution is 7.89. The van der Waals surface area contributed by atoms with Crippen LogP contribution in [-0.2, 0) is 21.2 Å². The zero-order chi connectivity index (χ0) is 22.2. The van der Waals surface area contributed by atoms with E-state index in [9.17, 15) is 13.2 Å². The van der Waals surface area contributed by atoms with E-state index in [4.69, 9.17) is 9.47 Å². The van der Waals surface area contributed by atoms with E-state index in [1.54, 1.807) is 17.4 Å². The number of piperidine rings is 1. The molecule has 2 aromatic rings. The van der Waals surface area contributed by atoms with Gasteiger partial charge >= 0.3 is 0 Å². The maximum atomic E-state index is 13.2. The Morgan fingerprint density at radius 3 is 2.45 bits per heavy atom. The molecule has 168 valence electrons. The van der Waals surface area contributed by atoms with Crippen molar-refractivity contribution >= 4 is 27.3 Å². The first-order valence-electron chi connectivity index (χ1n) is 10.5. The molecule has 7 nitrogen and oxygen atoms in total. The first-order valence-corrected chi connectivity index (χ1v) is 12.8. The van der Waals surface area contributed by atoms with Crippen molar-refractivity contribution in [3.63, 3.8) is 0 Å². The third-order valence-corrected chi connectivity index (χ3v) is 9.25. The van der Waals surface area contributed by atoms with Crippen molar-refractivity contribution < 1.29 is 22.7 Å². The second-order valence-corrected chi connectivity index (χ2v) is 10.9. The molecule has 1 amide bonds. The van der Waals surface area contributed by atoms with Gasteiger partial charge in [-0.05, 0) is 55.3 Å². The van der Waals surface area contributed by atoms with E-state index in [2.05, 4.69) is 18.4 Å². The maximum Gasteiger partial charge on any atom is 0.243 e. The number of hydrogen-bond acceptors (Lipinski definition) is 6. The largest absolute Gasteiger partial charge is 0.493 e. The van der Waals surface area contributed by atoms with Crippen LogP contribution in [0.3, 0.4) is 0 Å². The second-order valence-electron chi connectivity index (χ2n) is 7.95. The van der Waals surface area contributed by atoms with Gasteiger partial charge < -0.3 is 14.4 Å². The first kappa shape index (κ1) is 22.1. The van der Waals surface area contributed by atoms with E-state index in [1.807, 2.05) is 4.90 Å². The van der Waals surface area contributed by atoms with Crippen molar-refractivity contribution in [3.05, 3.63) is 40.1 Å². The molecule has 2 aliphatic rings. The summed E-state index contributed by atoms with van der Waals surface area (Å²) < 4.78 is 38.2. The van der Waals surface area contributed by atoms with Crippen LogP contribution in [0.5, 0.6) is 11.5 Å². The molecule has 0 radical (unpaired) electrons. The number of rotatable bonds is 5. The van der Waals surface area contributed by atoms with E-state index in [-0.39, 0.29) is 22.8 Å². The molecule has 0 saturated carbocycles. The van der Waals surface area contributed by atoms with Gasteiger partial charge in [0.25, 0.3) is 0 Å². The number of thiophene rings is 1. The van der Waals surface area contributed by atoms with Crippen molar-refractivity contribution in [2.24, 2.45) is 5.92 Å². The molecule has 0 bridgehead atoms. The van der Waals surface area contributed by atoms with Crippen molar-refractivity contribution in [2.75, 3.05) is 33.9 Å². The standard InChI is InChI=1S/C22H28N2O5S2/c1-15-18-9-13-30-21(18)8-12-24(15)22(25)16-6-10-23(11-7-16)31(26,27)17-4-5-19(28-2)20(14-17)29-3/h4-5,9,13-16H,6-8,10-12H2,1-3H3/t15-/m0/s1. The predicted octanol–water partition coefficient (Wildman–Crippen LogP) is 3.31. The van der Waals surface area contributed by atoms with Gasteiger partial charge in [0.1, 0.15) is 0 Å². The van der Waals surface area contributed by atoms with Gasteiger partial charge in [0.2, 0.25) is 15.9 Å². The minimum absolute atomic E-state index is 0.0797. The number of fused-ring (bicyclic) bond motifs is 1. The third kappa shape index (κ3) is 4.06. The number of sulfonamides is 1. The number of ether oxygens (including phenoxy) is 2. The Hall–Kier alpha value is -2.10. The van der Waals surface area contributed by atoms with E-state index < -0.39 is 10.0 Å². The Morgan fingerprint density at radius 2 is 1.77 bits per heavy atom. The summed E-state index contributed by atoms with van der Waals surface area (Å²) in [4.78, 5) is 16.7. The molecular formula is C22H28N2O5S2. The SMILES string of the molecule is COc1ccc(S(=O)(=O)N2CCC(C(=O)N3CCc4sccc4[C@@H]3C)CC2)cc1OC. The molecule has 1 fully saturated rings. The molecule has 0 spiro atoms. The summed E-state index contributed by atoms with van der Waals surface area (Å²) in [6.45, 7) is 3.48. The number of hydrogen-bond donors (Lipinski definition) is 0. The average Bonchev–Trinajstić information content (AvgIpc) is 3.28. The molecule has 0 aliphatic carbocycles. The summed E-state index contributed by atoms with van der Waals surface area (Å²) in [5.41, 5.74) is 1.25. The molecule has 2 aliphatic heterocycles. The summed E-state index contributed by atoms with van der Waals surface area (Å²) in [5, 5.41) is 2.09. The Bertz CT molecular complexity index is 1060. The quantitative estimate of drug-likeness (QED) is 0.679. The lowest BCUT2D eigenvalue weighted by molar-refractivity contribution is -0.139. The predicted molar refractivity (Wildman–Crippen MR) is 119 cm³/mol. The highest BCUT2D eigenvalue weighted by Crippen LogP contribution is 2.36. The third-order valence-electron chi connectivity index (χ3n) is 6.36. The normalized spacial score (nSPS) is 20.4. The molecular weight excluding hydrogens is 436 g/mol. The van der Waals surface area contributed by atoms with Gasteiger partial charge in [-0.1, -0.05) is 0 Å². The summed E-state index contributed by atoms with van der Waals surface area (Å²) in [7, 11) is -0.674. The van der Waals surface area contributed by atoms with Gasteiger partial charge in [-0.3, -0.25) is 4.79 Å². The molecule has 4 rings (SSSR count). The highest BCUT2D eigenvalue weighted by atomic mass is 32.2. The van der Waals surface area contributed by atoms with E-state index in [0.29, 0.717) is 37.4 Å². The van der Waals surface area contributed by atoms with Crippen LogP contribution in [0.4, 0.5) is 0 Å². The zero-order valence-corrected chi connectivity index (χ0v) is 19.7. The number of carbonyl (C=O) groups is 1. The van der Waals surface area contributed by atoms with Crippen LogP contribution in [0.15, 0.2) is 34.5 Å². The van der Waals surface area contributed by atoms with E-state index in [1.165, 1.54) is 41.1 Å². The monoisotopic (exact) mass is 464 g/mol. The lowest BCUT2D eigenvalue weighted by Gasteiger charge is -2.38. The van der Waals surface area contributed by atoms with Crippen LogP contribution < -0.4 is 9.47 Å². The minimum atomic E-state index is -3.66. The molecule has 9 heteroatoms.